The summed E-state index contributed by atoms with van der Waals surface area (Å²) in [7, 11) is 0. The van der Waals surface area contributed by atoms with Crippen LogP contribution >= 0.6 is 0 Å². The molecule has 8 heteroatoms. The summed E-state index contributed by atoms with van der Waals surface area (Å²) in [6.07, 6.45) is -1.60. The number of nitrogens with one attached hydrogen (secondary N) is 2. The molecule has 0 saturated carbocycles. The molecule has 0 atom stereocenters. The highest BCUT2D eigenvalue weighted by atomic mass is 19.4. The second-order valence-electron chi connectivity index (χ2n) is 5.82. The topological polar surface area (TPSA) is 66.9 Å². The van der Waals surface area contributed by atoms with E-state index in [1.807, 2.05) is 0 Å². The Hall–Kier alpha value is -2.64. The first-order valence-electron chi connectivity index (χ1n) is 8.38. The van der Waals surface area contributed by atoms with Crippen molar-refractivity contribution in [3.63, 3.8) is 0 Å². The molecule has 5 nitrogen and oxygen atoms in total. The average Bonchev–Trinajstić information content (AvgIpc) is 2.57. The Bertz CT molecular complexity index is 762. The van der Waals surface area contributed by atoms with E-state index >= 15 is 0 Å². The molecule has 0 aliphatic rings. The SMILES string of the molecule is CCCCCNC(=O)c1cc(Nc2ccccc2C(F)(F)F)nc(C)n1. The van der Waals surface area contributed by atoms with Gasteiger partial charge in [-0.2, -0.15) is 13.2 Å². The van der Waals surface area contributed by atoms with Gasteiger partial charge >= 0.3 is 6.18 Å². The first-order chi connectivity index (χ1) is 12.3. The van der Waals surface area contributed by atoms with Crippen LogP contribution in [0, 0.1) is 6.92 Å². The van der Waals surface area contributed by atoms with Gasteiger partial charge in [0.2, 0.25) is 0 Å². The molecule has 2 rings (SSSR count). The first-order valence-corrected chi connectivity index (χ1v) is 8.38. The second-order valence-corrected chi connectivity index (χ2v) is 5.82. The van der Waals surface area contributed by atoms with Crippen LogP contribution in [0.2, 0.25) is 0 Å². The van der Waals surface area contributed by atoms with Crippen molar-refractivity contribution >= 4 is 17.4 Å². The number of hydrogen-bond donors (Lipinski definition) is 2. The van der Waals surface area contributed by atoms with Crippen molar-refractivity contribution in [1.82, 2.24) is 15.3 Å². The summed E-state index contributed by atoms with van der Waals surface area (Å²) in [5.74, 6) is 0.0462. The lowest BCUT2D eigenvalue weighted by Gasteiger charge is -2.14. The Labute approximate surface area is 150 Å². The summed E-state index contributed by atoms with van der Waals surface area (Å²) in [6.45, 7) is 4.16. The van der Waals surface area contributed by atoms with Crippen LogP contribution in [-0.2, 0) is 6.18 Å². The van der Waals surface area contributed by atoms with Crippen LogP contribution in [0.15, 0.2) is 30.3 Å². The van der Waals surface area contributed by atoms with Gasteiger partial charge in [0, 0.05) is 12.6 Å². The number of aryl methyl sites for hydroxylation is 1. The maximum atomic E-state index is 13.1. The standard InChI is InChI=1S/C18H21F3N4O/c1-3-4-7-10-22-17(26)15-11-16(24-12(2)23-15)25-14-9-6-5-8-13(14)18(19,20)21/h5-6,8-9,11H,3-4,7,10H2,1-2H3,(H,22,26)(H,23,24,25). The van der Waals surface area contributed by atoms with Gasteiger partial charge in [-0.05, 0) is 25.5 Å². The highest BCUT2D eigenvalue weighted by Crippen LogP contribution is 2.35. The van der Waals surface area contributed by atoms with Crippen LogP contribution < -0.4 is 10.6 Å². The number of anilines is 2. The van der Waals surface area contributed by atoms with Gasteiger partial charge in [0.05, 0.1) is 11.3 Å². The van der Waals surface area contributed by atoms with Gasteiger partial charge < -0.3 is 10.6 Å². The molecule has 2 N–H and O–H groups in total. The molecular formula is C18H21F3N4O. The van der Waals surface area contributed by atoms with Gasteiger partial charge in [-0.3, -0.25) is 4.79 Å². The molecule has 0 unspecified atom stereocenters. The number of benzene rings is 1. The third-order valence-electron chi connectivity index (χ3n) is 3.63. The van der Waals surface area contributed by atoms with E-state index in [-0.39, 0.29) is 28.9 Å². The van der Waals surface area contributed by atoms with Crippen molar-refractivity contribution < 1.29 is 18.0 Å². The summed E-state index contributed by atoms with van der Waals surface area (Å²) >= 11 is 0. The molecule has 0 fully saturated rings. The summed E-state index contributed by atoms with van der Waals surface area (Å²) in [5.41, 5.74) is -0.824. The highest BCUT2D eigenvalue weighted by molar-refractivity contribution is 5.93. The zero-order valence-corrected chi connectivity index (χ0v) is 14.7. The fraction of sp³-hybridized carbons (Fsp3) is 0.389. The number of unbranched alkanes of at least 4 members (excludes halogenated alkanes) is 2. The van der Waals surface area contributed by atoms with E-state index in [9.17, 15) is 18.0 Å². The predicted molar refractivity (Wildman–Crippen MR) is 93.4 cm³/mol. The number of rotatable bonds is 7. The van der Waals surface area contributed by atoms with E-state index in [1.54, 1.807) is 6.92 Å². The van der Waals surface area contributed by atoms with Gasteiger partial charge in [0.15, 0.2) is 0 Å². The zero-order chi connectivity index (χ0) is 19.2. The minimum Gasteiger partial charge on any atom is -0.351 e. The Morgan fingerprint density at radius 1 is 1.15 bits per heavy atom. The fourth-order valence-electron chi connectivity index (χ4n) is 2.39. The lowest BCUT2D eigenvalue weighted by atomic mass is 10.1. The molecular weight excluding hydrogens is 345 g/mol. The summed E-state index contributed by atoms with van der Waals surface area (Å²) in [4.78, 5) is 20.3. The molecule has 0 aliphatic carbocycles. The van der Waals surface area contributed by atoms with Gasteiger partial charge in [-0.15, -0.1) is 0 Å². The van der Waals surface area contributed by atoms with Crippen LogP contribution in [0.5, 0.6) is 0 Å². The minimum absolute atomic E-state index is 0.112. The van der Waals surface area contributed by atoms with E-state index in [0.717, 1.165) is 25.3 Å². The van der Waals surface area contributed by atoms with Crippen LogP contribution in [0.4, 0.5) is 24.7 Å². The smallest absolute Gasteiger partial charge is 0.351 e. The molecule has 0 saturated heterocycles. The number of halogens is 3. The van der Waals surface area contributed by atoms with E-state index in [2.05, 4.69) is 27.5 Å². The number of hydrogen-bond acceptors (Lipinski definition) is 4. The van der Waals surface area contributed by atoms with Crippen molar-refractivity contribution in [2.24, 2.45) is 0 Å². The highest BCUT2D eigenvalue weighted by Gasteiger charge is 2.33. The van der Waals surface area contributed by atoms with Crippen molar-refractivity contribution in [3.05, 3.63) is 47.4 Å². The number of amides is 1. The minimum atomic E-state index is -4.49. The molecule has 0 aliphatic heterocycles. The molecule has 140 valence electrons. The number of para-hydroxylation sites is 1. The third-order valence-corrected chi connectivity index (χ3v) is 3.63. The largest absolute Gasteiger partial charge is 0.418 e. The van der Waals surface area contributed by atoms with Crippen molar-refractivity contribution in [2.45, 2.75) is 39.3 Å². The average molecular weight is 366 g/mol. The molecule has 1 aromatic carbocycles. The quantitative estimate of drug-likeness (QED) is 0.710. The molecule has 2 aromatic rings. The van der Waals surface area contributed by atoms with Gasteiger partial charge in [-0.25, -0.2) is 9.97 Å². The first kappa shape index (κ1) is 19.7. The zero-order valence-electron chi connectivity index (χ0n) is 14.7. The predicted octanol–water partition coefficient (Wildman–Crippen LogP) is 4.47. The Kier molecular flexibility index (Phi) is 6.54. The number of carbonyl (C=O) groups excluding carboxylic acids is 1. The summed E-state index contributed by atoms with van der Waals surface area (Å²) in [5, 5.41) is 5.39. The monoisotopic (exact) mass is 366 g/mol. The van der Waals surface area contributed by atoms with Crippen LogP contribution in [0.1, 0.15) is 48.1 Å². The molecule has 0 radical (unpaired) electrons. The maximum absolute atomic E-state index is 13.1. The molecule has 1 amide bonds. The number of alkyl halides is 3. The van der Waals surface area contributed by atoms with Gasteiger partial charge in [0.25, 0.3) is 5.91 Å². The normalized spacial score (nSPS) is 11.3. The summed E-state index contributed by atoms with van der Waals surface area (Å²) in [6, 6.07) is 6.44. The van der Waals surface area contributed by atoms with Gasteiger partial charge in [-0.1, -0.05) is 31.9 Å². The second kappa shape index (κ2) is 8.64. The lowest BCUT2D eigenvalue weighted by molar-refractivity contribution is -0.136. The lowest BCUT2D eigenvalue weighted by Crippen LogP contribution is -2.26. The molecule has 0 bridgehead atoms. The van der Waals surface area contributed by atoms with Crippen LogP contribution in [0.3, 0.4) is 0 Å². The van der Waals surface area contributed by atoms with E-state index in [0.29, 0.717) is 6.54 Å². The van der Waals surface area contributed by atoms with Crippen LogP contribution in [0.25, 0.3) is 0 Å². The van der Waals surface area contributed by atoms with E-state index in [1.165, 1.54) is 24.3 Å². The van der Waals surface area contributed by atoms with Gasteiger partial charge in [0.1, 0.15) is 17.3 Å². The fourth-order valence-corrected chi connectivity index (χ4v) is 2.39. The Balaban J connectivity index is 2.19. The number of nitrogens with zero attached hydrogens (tertiary/aromatic N) is 2. The van der Waals surface area contributed by atoms with Crippen molar-refractivity contribution in [3.8, 4) is 0 Å². The molecule has 0 spiro atoms. The van der Waals surface area contributed by atoms with Crippen molar-refractivity contribution in [2.75, 3.05) is 11.9 Å². The van der Waals surface area contributed by atoms with E-state index < -0.39 is 11.7 Å². The molecule has 26 heavy (non-hydrogen) atoms. The Morgan fingerprint density at radius 3 is 2.58 bits per heavy atom. The Morgan fingerprint density at radius 2 is 1.88 bits per heavy atom. The van der Waals surface area contributed by atoms with Crippen LogP contribution in [-0.4, -0.2) is 22.4 Å². The maximum Gasteiger partial charge on any atom is 0.418 e. The summed E-state index contributed by atoms with van der Waals surface area (Å²) < 4.78 is 39.3. The molecule has 1 aromatic heterocycles. The van der Waals surface area contributed by atoms with E-state index in [4.69, 9.17) is 0 Å². The molecule has 1 heterocycles. The number of aromatic nitrogens is 2. The third kappa shape index (κ3) is 5.44. The number of carbonyl (C=O) groups is 1. The van der Waals surface area contributed by atoms with Crippen molar-refractivity contribution in [1.29, 1.82) is 0 Å².